The first-order valence-electron chi connectivity index (χ1n) is 8.87. The Kier molecular flexibility index (Phi) is 6.41. The molecule has 0 bridgehead atoms. The number of ether oxygens (including phenoxy) is 2. The van der Waals surface area contributed by atoms with E-state index in [9.17, 15) is 9.59 Å². The zero-order valence-corrected chi connectivity index (χ0v) is 16.3. The minimum absolute atomic E-state index is 0.0399. The van der Waals surface area contributed by atoms with Gasteiger partial charge >= 0.3 is 5.97 Å². The fraction of sp³-hybridized carbons (Fsp3) is 0.421. The maximum absolute atomic E-state index is 12.2. The smallest absolute Gasteiger partial charge is 0.307 e. The number of methoxy groups -OCH3 is 1. The number of piperazine rings is 1. The van der Waals surface area contributed by atoms with Crippen molar-refractivity contribution in [2.45, 2.75) is 25.9 Å². The van der Waals surface area contributed by atoms with Gasteiger partial charge in [0.05, 0.1) is 25.8 Å². The summed E-state index contributed by atoms with van der Waals surface area (Å²) in [6.07, 6.45) is 0.0399. The largest absolute Gasteiger partial charge is 0.494 e. The molecule has 1 aliphatic heterocycles. The van der Waals surface area contributed by atoms with Crippen LogP contribution in [0.5, 0.6) is 5.75 Å². The van der Waals surface area contributed by atoms with Gasteiger partial charge in [-0.2, -0.15) is 0 Å². The summed E-state index contributed by atoms with van der Waals surface area (Å²) < 4.78 is 10.2. The minimum atomic E-state index is -0.526. The van der Waals surface area contributed by atoms with Gasteiger partial charge in [0.1, 0.15) is 16.8 Å². The van der Waals surface area contributed by atoms with Crippen molar-refractivity contribution >= 4 is 23.2 Å². The molecule has 1 aromatic carbocycles. The number of carbonyl (C=O) groups excluding carboxylic acids is 2. The highest BCUT2D eigenvalue weighted by Gasteiger charge is 2.32. The second-order valence-corrected chi connectivity index (χ2v) is 7.02. The van der Waals surface area contributed by atoms with Gasteiger partial charge in [0, 0.05) is 30.6 Å². The molecule has 1 saturated heterocycles. The van der Waals surface area contributed by atoms with Gasteiger partial charge in [-0.15, -0.1) is 11.3 Å². The molecule has 27 heavy (non-hydrogen) atoms. The summed E-state index contributed by atoms with van der Waals surface area (Å²) in [6.45, 7) is 4.34. The van der Waals surface area contributed by atoms with Crippen molar-refractivity contribution in [3.05, 3.63) is 35.3 Å². The molecule has 0 aliphatic carbocycles. The van der Waals surface area contributed by atoms with Crippen molar-refractivity contribution in [3.63, 3.8) is 0 Å². The zero-order chi connectivity index (χ0) is 19.2. The van der Waals surface area contributed by atoms with E-state index in [4.69, 9.17) is 14.5 Å². The Labute approximate surface area is 162 Å². The van der Waals surface area contributed by atoms with Crippen molar-refractivity contribution < 1.29 is 19.1 Å². The minimum Gasteiger partial charge on any atom is -0.494 e. The number of nitrogens with one attached hydrogen (secondary N) is 1. The van der Waals surface area contributed by atoms with E-state index in [0.29, 0.717) is 26.2 Å². The number of esters is 1. The fourth-order valence-electron chi connectivity index (χ4n) is 3.00. The number of carbonyl (C=O) groups is 2. The van der Waals surface area contributed by atoms with Crippen molar-refractivity contribution in [1.29, 1.82) is 0 Å². The van der Waals surface area contributed by atoms with Crippen LogP contribution < -0.4 is 10.1 Å². The number of hydrogen-bond acceptors (Lipinski definition) is 7. The Morgan fingerprint density at radius 3 is 2.85 bits per heavy atom. The molecule has 1 amide bonds. The second-order valence-electron chi connectivity index (χ2n) is 6.16. The lowest BCUT2D eigenvalue weighted by atomic mass is 10.1. The average molecular weight is 389 g/mol. The molecule has 0 radical (unpaired) electrons. The first-order valence-corrected chi connectivity index (χ1v) is 9.75. The molecule has 1 atom stereocenters. The van der Waals surface area contributed by atoms with Gasteiger partial charge in [-0.1, -0.05) is 0 Å². The van der Waals surface area contributed by atoms with Gasteiger partial charge in [-0.3, -0.25) is 14.5 Å². The Morgan fingerprint density at radius 1 is 1.37 bits per heavy atom. The van der Waals surface area contributed by atoms with E-state index in [1.54, 1.807) is 11.3 Å². The molecule has 0 spiro atoms. The molecular formula is C19H23N3O4S. The van der Waals surface area contributed by atoms with Crippen LogP contribution in [0.3, 0.4) is 0 Å². The van der Waals surface area contributed by atoms with Crippen LogP contribution in [0.15, 0.2) is 29.6 Å². The lowest BCUT2D eigenvalue weighted by molar-refractivity contribution is -0.146. The summed E-state index contributed by atoms with van der Waals surface area (Å²) in [5.41, 5.74) is 1.91. The van der Waals surface area contributed by atoms with Crippen LogP contribution in [-0.4, -0.2) is 54.6 Å². The van der Waals surface area contributed by atoms with Crippen molar-refractivity contribution in [2.75, 3.05) is 26.8 Å². The number of amides is 1. The molecule has 0 saturated carbocycles. The third-order valence-corrected chi connectivity index (χ3v) is 5.30. The second kappa shape index (κ2) is 8.96. The van der Waals surface area contributed by atoms with Gasteiger partial charge in [-0.25, -0.2) is 4.98 Å². The topological polar surface area (TPSA) is 80.8 Å². The Hall–Kier alpha value is -2.45. The van der Waals surface area contributed by atoms with Crippen LogP contribution in [0.2, 0.25) is 0 Å². The summed E-state index contributed by atoms with van der Waals surface area (Å²) >= 11 is 1.56. The van der Waals surface area contributed by atoms with Crippen LogP contribution in [-0.2, 0) is 20.9 Å². The van der Waals surface area contributed by atoms with E-state index < -0.39 is 12.0 Å². The quantitative estimate of drug-likeness (QED) is 0.730. The summed E-state index contributed by atoms with van der Waals surface area (Å²) in [6, 6.07) is 7.31. The zero-order valence-electron chi connectivity index (χ0n) is 15.4. The molecule has 1 aromatic heterocycles. The number of hydrogen-bond donors (Lipinski definition) is 1. The van der Waals surface area contributed by atoms with Gasteiger partial charge in [0.2, 0.25) is 5.91 Å². The van der Waals surface area contributed by atoms with Crippen LogP contribution in [0.25, 0.3) is 10.6 Å². The average Bonchev–Trinajstić information content (AvgIpc) is 3.14. The number of thiazole rings is 1. The monoisotopic (exact) mass is 389 g/mol. The van der Waals surface area contributed by atoms with E-state index in [0.717, 1.165) is 22.0 Å². The predicted octanol–water partition coefficient (Wildman–Crippen LogP) is 2.07. The summed E-state index contributed by atoms with van der Waals surface area (Å²) in [5, 5.41) is 5.72. The van der Waals surface area contributed by atoms with Gasteiger partial charge in [0.15, 0.2) is 0 Å². The van der Waals surface area contributed by atoms with Crippen LogP contribution in [0.1, 0.15) is 19.0 Å². The Morgan fingerprint density at radius 2 is 2.15 bits per heavy atom. The third-order valence-electron chi connectivity index (χ3n) is 4.36. The fourth-order valence-corrected chi connectivity index (χ4v) is 3.81. The maximum atomic E-state index is 12.2. The molecule has 2 heterocycles. The third kappa shape index (κ3) is 4.84. The van der Waals surface area contributed by atoms with Gasteiger partial charge in [0.25, 0.3) is 0 Å². The molecule has 1 aliphatic rings. The molecule has 8 heteroatoms. The Bertz CT molecular complexity index is 791. The number of rotatable bonds is 7. The molecule has 1 fully saturated rings. The van der Waals surface area contributed by atoms with Gasteiger partial charge < -0.3 is 14.8 Å². The normalized spacial score (nSPS) is 17.4. The lowest BCUT2D eigenvalue weighted by Crippen LogP contribution is -2.55. The maximum Gasteiger partial charge on any atom is 0.307 e. The van der Waals surface area contributed by atoms with E-state index in [1.807, 2.05) is 41.5 Å². The lowest BCUT2D eigenvalue weighted by Gasteiger charge is -2.33. The van der Waals surface area contributed by atoms with Crippen molar-refractivity contribution in [3.8, 4) is 16.3 Å². The molecule has 3 rings (SSSR count). The molecule has 1 unspecified atom stereocenters. The van der Waals surface area contributed by atoms with E-state index in [1.165, 1.54) is 7.11 Å². The van der Waals surface area contributed by atoms with Crippen LogP contribution in [0.4, 0.5) is 0 Å². The molecule has 7 nitrogen and oxygen atoms in total. The van der Waals surface area contributed by atoms with Crippen LogP contribution >= 0.6 is 11.3 Å². The van der Waals surface area contributed by atoms with Crippen molar-refractivity contribution in [1.82, 2.24) is 15.2 Å². The standard InChI is InChI=1S/C19H23N3O4S/c1-3-26-15-6-4-13(5-7-15)19-21-14(12-27-19)11-22-9-8-20-18(24)16(22)10-17(23)25-2/h4-7,12,16H,3,8-11H2,1-2H3,(H,20,24). The predicted molar refractivity (Wildman–Crippen MR) is 103 cm³/mol. The van der Waals surface area contributed by atoms with E-state index in [-0.39, 0.29) is 12.3 Å². The SMILES string of the molecule is CCOc1ccc(-c2nc(CN3CCNC(=O)C3CC(=O)OC)cs2)cc1. The number of benzene rings is 1. The summed E-state index contributed by atoms with van der Waals surface area (Å²) in [5.74, 6) is 0.298. The molecular weight excluding hydrogens is 366 g/mol. The first-order chi connectivity index (χ1) is 13.1. The van der Waals surface area contributed by atoms with E-state index in [2.05, 4.69) is 5.32 Å². The van der Waals surface area contributed by atoms with Crippen molar-refractivity contribution in [2.24, 2.45) is 0 Å². The van der Waals surface area contributed by atoms with Gasteiger partial charge in [-0.05, 0) is 31.2 Å². The molecule has 1 N–H and O–H groups in total. The highest BCUT2D eigenvalue weighted by molar-refractivity contribution is 7.13. The molecule has 144 valence electrons. The first kappa shape index (κ1) is 19.3. The molecule has 2 aromatic rings. The summed E-state index contributed by atoms with van der Waals surface area (Å²) in [7, 11) is 1.33. The number of nitrogens with zero attached hydrogens (tertiary/aromatic N) is 2. The number of aromatic nitrogens is 1. The summed E-state index contributed by atoms with van der Waals surface area (Å²) in [4.78, 5) is 30.5. The van der Waals surface area contributed by atoms with Crippen LogP contribution in [0, 0.1) is 0 Å². The Balaban J connectivity index is 1.70. The highest BCUT2D eigenvalue weighted by Crippen LogP contribution is 2.27. The van der Waals surface area contributed by atoms with E-state index >= 15 is 0 Å². The highest BCUT2D eigenvalue weighted by atomic mass is 32.1.